The highest BCUT2D eigenvalue weighted by Crippen LogP contribution is 2.44. The summed E-state index contributed by atoms with van der Waals surface area (Å²) in [5.41, 5.74) is 4.42. The maximum atomic E-state index is 10.5. The minimum atomic E-state index is -0.531. The number of halogens is 2. The Balaban J connectivity index is 2.27. The summed E-state index contributed by atoms with van der Waals surface area (Å²) in [4.78, 5) is 0. The fraction of sp³-hybridized carbons (Fsp3) is 0.200. The number of hydrogen-bond donors (Lipinski definition) is 1. The molecule has 0 saturated heterocycles. The van der Waals surface area contributed by atoms with E-state index >= 15 is 0 Å². The number of aliphatic hydroxyl groups excluding tert-OH is 1. The zero-order valence-electron chi connectivity index (χ0n) is 9.82. The van der Waals surface area contributed by atoms with Gasteiger partial charge >= 0.3 is 0 Å². The monoisotopic (exact) mass is 366 g/mol. The zero-order valence-corrected chi connectivity index (χ0v) is 13.0. The number of rotatable bonds is 0. The van der Waals surface area contributed by atoms with Crippen LogP contribution < -0.4 is 0 Å². The van der Waals surface area contributed by atoms with Gasteiger partial charge in [0.05, 0.1) is 0 Å². The minimum Gasteiger partial charge on any atom is -0.384 e. The van der Waals surface area contributed by atoms with E-state index in [9.17, 15) is 5.11 Å². The van der Waals surface area contributed by atoms with Crippen molar-refractivity contribution in [3.05, 3.63) is 67.6 Å². The molecule has 2 atom stereocenters. The number of benzene rings is 2. The van der Waals surface area contributed by atoms with Crippen LogP contribution in [0.15, 0.2) is 45.3 Å². The topological polar surface area (TPSA) is 20.2 Å². The zero-order chi connectivity index (χ0) is 12.9. The normalized spacial score (nSPS) is 21.3. The highest BCUT2D eigenvalue weighted by molar-refractivity contribution is 9.13. The molecule has 0 aliphatic heterocycles. The van der Waals surface area contributed by atoms with Crippen LogP contribution in [0.4, 0.5) is 0 Å². The first-order chi connectivity index (χ1) is 8.59. The Labute approximate surface area is 123 Å². The fourth-order valence-corrected chi connectivity index (χ4v) is 3.40. The molecule has 0 heterocycles. The Morgan fingerprint density at radius 1 is 0.889 bits per heavy atom. The number of fused-ring (bicyclic) bond motifs is 2. The third kappa shape index (κ3) is 1.77. The van der Waals surface area contributed by atoms with E-state index in [2.05, 4.69) is 50.9 Å². The number of aliphatic hydroxyl groups is 1. The van der Waals surface area contributed by atoms with Crippen LogP contribution in [-0.2, 0) is 0 Å². The van der Waals surface area contributed by atoms with Gasteiger partial charge < -0.3 is 5.11 Å². The van der Waals surface area contributed by atoms with Gasteiger partial charge in [0.2, 0.25) is 0 Å². The van der Waals surface area contributed by atoms with Crippen molar-refractivity contribution in [2.24, 2.45) is 0 Å². The van der Waals surface area contributed by atoms with Crippen LogP contribution >= 0.6 is 31.9 Å². The predicted octanol–water partition coefficient (Wildman–Crippen LogP) is 4.76. The molecule has 18 heavy (non-hydrogen) atoms. The van der Waals surface area contributed by atoms with Gasteiger partial charge in [-0.15, -0.1) is 0 Å². The van der Waals surface area contributed by atoms with Crippen molar-refractivity contribution in [3.8, 4) is 0 Å². The lowest BCUT2D eigenvalue weighted by Crippen LogP contribution is -2.16. The molecule has 1 aliphatic rings. The summed E-state index contributed by atoms with van der Waals surface area (Å²) < 4.78 is 2.01. The Morgan fingerprint density at radius 3 is 2.11 bits per heavy atom. The Kier molecular flexibility index (Phi) is 3.08. The standard InChI is InChI=1S/C15H12Br2O/c1-8-9-4-2-3-5-10(9)15(18)12-7-14(17)13(16)6-11(8)12/h2-8,15,18H,1H3. The highest BCUT2D eigenvalue weighted by atomic mass is 79.9. The highest BCUT2D eigenvalue weighted by Gasteiger charge is 2.29. The van der Waals surface area contributed by atoms with Gasteiger partial charge in [0.15, 0.2) is 0 Å². The maximum Gasteiger partial charge on any atom is 0.105 e. The molecule has 2 unspecified atom stereocenters. The molecule has 0 bridgehead atoms. The molecule has 3 rings (SSSR count). The first kappa shape index (κ1) is 12.4. The molecule has 0 radical (unpaired) electrons. The quantitative estimate of drug-likeness (QED) is 0.711. The molecule has 1 nitrogen and oxygen atoms in total. The lowest BCUT2D eigenvalue weighted by atomic mass is 9.77. The molecule has 0 fully saturated rings. The van der Waals surface area contributed by atoms with E-state index in [0.29, 0.717) is 5.92 Å². The van der Waals surface area contributed by atoms with Crippen LogP contribution in [0.1, 0.15) is 41.2 Å². The second kappa shape index (κ2) is 4.48. The van der Waals surface area contributed by atoms with Crippen molar-refractivity contribution >= 4 is 31.9 Å². The smallest absolute Gasteiger partial charge is 0.105 e. The third-order valence-electron chi connectivity index (χ3n) is 3.64. The molecule has 2 aromatic rings. The molecular formula is C15H12Br2O. The van der Waals surface area contributed by atoms with Crippen LogP contribution in [0.3, 0.4) is 0 Å². The summed E-state index contributed by atoms with van der Waals surface area (Å²) in [6.07, 6.45) is -0.531. The average molecular weight is 368 g/mol. The molecule has 1 N–H and O–H groups in total. The van der Waals surface area contributed by atoms with E-state index in [4.69, 9.17) is 0 Å². The van der Waals surface area contributed by atoms with Crippen LogP contribution in [0.25, 0.3) is 0 Å². The number of hydrogen-bond acceptors (Lipinski definition) is 1. The van der Waals surface area contributed by atoms with Crippen LogP contribution in [-0.4, -0.2) is 5.11 Å². The Morgan fingerprint density at radius 2 is 1.44 bits per heavy atom. The Hall–Kier alpha value is -0.640. The average Bonchev–Trinajstić information content (AvgIpc) is 2.38. The SMILES string of the molecule is CC1c2ccccc2C(O)c2cc(Br)c(Br)cc21. The van der Waals surface area contributed by atoms with Crippen molar-refractivity contribution in [1.29, 1.82) is 0 Å². The summed E-state index contributed by atoms with van der Waals surface area (Å²) in [5.74, 6) is 0.309. The van der Waals surface area contributed by atoms with Crippen LogP contribution in [0, 0.1) is 0 Å². The van der Waals surface area contributed by atoms with E-state index < -0.39 is 6.10 Å². The van der Waals surface area contributed by atoms with Crippen molar-refractivity contribution in [3.63, 3.8) is 0 Å². The van der Waals surface area contributed by atoms with Crippen LogP contribution in [0.5, 0.6) is 0 Å². The van der Waals surface area contributed by atoms with Gasteiger partial charge in [-0.05, 0) is 66.2 Å². The van der Waals surface area contributed by atoms with E-state index in [1.165, 1.54) is 11.1 Å². The lowest BCUT2D eigenvalue weighted by Gasteiger charge is -2.30. The van der Waals surface area contributed by atoms with Gasteiger partial charge in [-0.25, -0.2) is 0 Å². The molecule has 1 aliphatic carbocycles. The fourth-order valence-electron chi connectivity index (χ4n) is 2.68. The Bertz CT molecular complexity index is 568. The van der Waals surface area contributed by atoms with E-state index in [1.54, 1.807) is 0 Å². The second-order valence-corrected chi connectivity index (χ2v) is 6.36. The molecule has 0 amide bonds. The van der Waals surface area contributed by atoms with Crippen molar-refractivity contribution in [2.75, 3.05) is 0 Å². The maximum absolute atomic E-state index is 10.5. The van der Waals surface area contributed by atoms with Crippen LogP contribution in [0.2, 0.25) is 0 Å². The molecule has 2 aromatic carbocycles. The van der Waals surface area contributed by atoms with Crippen molar-refractivity contribution in [2.45, 2.75) is 18.9 Å². The van der Waals surface area contributed by atoms with Gasteiger partial charge in [-0.1, -0.05) is 31.2 Å². The van der Waals surface area contributed by atoms with Crippen molar-refractivity contribution in [1.82, 2.24) is 0 Å². The first-order valence-electron chi connectivity index (χ1n) is 5.85. The first-order valence-corrected chi connectivity index (χ1v) is 7.44. The lowest BCUT2D eigenvalue weighted by molar-refractivity contribution is 0.214. The molecule has 0 aromatic heterocycles. The molecule has 3 heteroatoms. The predicted molar refractivity (Wildman–Crippen MR) is 79.9 cm³/mol. The molecule has 92 valence electrons. The summed E-state index contributed by atoms with van der Waals surface area (Å²) in [6.45, 7) is 2.18. The summed E-state index contributed by atoms with van der Waals surface area (Å²) in [7, 11) is 0. The summed E-state index contributed by atoms with van der Waals surface area (Å²) in [5, 5.41) is 10.5. The third-order valence-corrected chi connectivity index (χ3v) is 5.49. The largest absolute Gasteiger partial charge is 0.384 e. The van der Waals surface area contributed by atoms with Gasteiger partial charge in [0.1, 0.15) is 6.10 Å². The second-order valence-electron chi connectivity index (χ2n) is 4.65. The van der Waals surface area contributed by atoms with Gasteiger partial charge in [-0.2, -0.15) is 0 Å². The molecule has 0 spiro atoms. The van der Waals surface area contributed by atoms with Gasteiger partial charge in [0, 0.05) is 14.9 Å². The van der Waals surface area contributed by atoms with Gasteiger partial charge in [0.25, 0.3) is 0 Å². The van der Waals surface area contributed by atoms with E-state index in [-0.39, 0.29) is 0 Å². The summed E-state index contributed by atoms with van der Waals surface area (Å²) >= 11 is 7.04. The minimum absolute atomic E-state index is 0.309. The molecule has 0 saturated carbocycles. The van der Waals surface area contributed by atoms with E-state index in [0.717, 1.165) is 20.1 Å². The van der Waals surface area contributed by atoms with Crippen molar-refractivity contribution < 1.29 is 5.11 Å². The molecular weight excluding hydrogens is 356 g/mol. The summed E-state index contributed by atoms with van der Waals surface area (Å²) in [6, 6.07) is 12.2. The van der Waals surface area contributed by atoms with Gasteiger partial charge in [-0.3, -0.25) is 0 Å². The van der Waals surface area contributed by atoms with E-state index in [1.807, 2.05) is 24.3 Å².